The Hall–Kier alpha value is -0.820. The van der Waals surface area contributed by atoms with Gasteiger partial charge in [-0.2, -0.15) is 4.31 Å². The molecule has 0 atom stereocenters. The fourth-order valence-electron chi connectivity index (χ4n) is 1.67. The third-order valence-corrected chi connectivity index (χ3v) is 4.77. The van der Waals surface area contributed by atoms with Gasteiger partial charge in [0.1, 0.15) is 0 Å². The Morgan fingerprint density at radius 1 is 1.27 bits per heavy atom. The summed E-state index contributed by atoms with van der Waals surface area (Å²) in [5.41, 5.74) is 0.663. The number of sulfonamides is 1. The molecule has 0 fully saturated rings. The Morgan fingerprint density at radius 2 is 1.91 bits per heavy atom. The van der Waals surface area contributed by atoms with Crippen LogP contribution in [0.2, 0.25) is 10.0 Å². The van der Waals surface area contributed by atoms with Crippen LogP contribution in [-0.4, -0.2) is 38.0 Å². The molecule has 0 saturated heterocycles. The van der Waals surface area contributed by atoms with Crippen LogP contribution in [0, 0.1) is 5.92 Å². The monoisotopic (exact) mass is 366 g/mol. The van der Waals surface area contributed by atoms with Crippen molar-refractivity contribution < 1.29 is 13.2 Å². The highest BCUT2D eigenvalue weighted by atomic mass is 35.5. The molecule has 0 saturated carbocycles. The van der Waals surface area contributed by atoms with Gasteiger partial charge in [-0.05, 0) is 23.6 Å². The standard InChI is InChI=1S/C14H20Cl2N2O3S/c1-10(2)7-17-14(19)9-18(22(3,20)21)8-11-4-5-12(15)13(16)6-11/h4-6,10H,7-9H2,1-3H3,(H,17,19). The molecule has 0 aromatic heterocycles. The zero-order valence-corrected chi connectivity index (χ0v) is 15.1. The van der Waals surface area contributed by atoms with Crippen molar-refractivity contribution >= 4 is 39.1 Å². The molecular formula is C14H20Cl2N2O3S. The lowest BCUT2D eigenvalue weighted by Gasteiger charge is -2.20. The van der Waals surface area contributed by atoms with Gasteiger partial charge < -0.3 is 5.32 Å². The minimum atomic E-state index is -3.52. The number of carbonyl (C=O) groups excluding carboxylic acids is 1. The van der Waals surface area contributed by atoms with Gasteiger partial charge in [0.05, 0.1) is 22.8 Å². The van der Waals surface area contributed by atoms with Crippen molar-refractivity contribution in [1.82, 2.24) is 9.62 Å². The summed E-state index contributed by atoms with van der Waals surface area (Å²) in [7, 11) is -3.52. The van der Waals surface area contributed by atoms with Crippen molar-refractivity contribution in [1.29, 1.82) is 0 Å². The lowest BCUT2D eigenvalue weighted by Crippen LogP contribution is -2.40. The smallest absolute Gasteiger partial charge is 0.235 e. The van der Waals surface area contributed by atoms with E-state index < -0.39 is 10.0 Å². The first-order valence-electron chi connectivity index (χ1n) is 6.75. The van der Waals surface area contributed by atoms with Crippen molar-refractivity contribution in [3.8, 4) is 0 Å². The van der Waals surface area contributed by atoms with Crippen LogP contribution in [0.3, 0.4) is 0 Å². The topological polar surface area (TPSA) is 66.5 Å². The van der Waals surface area contributed by atoms with E-state index in [9.17, 15) is 13.2 Å². The van der Waals surface area contributed by atoms with Gasteiger partial charge in [0.2, 0.25) is 15.9 Å². The van der Waals surface area contributed by atoms with Crippen molar-refractivity contribution in [2.75, 3.05) is 19.3 Å². The fourth-order valence-corrected chi connectivity index (χ4v) is 2.72. The molecule has 0 unspecified atom stereocenters. The summed E-state index contributed by atoms with van der Waals surface area (Å²) in [5.74, 6) is -0.0371. The van der Waals surface area contributed by atoms with Crippen molar-refractivity contribution in [2.24, 2.45) is 5.92 Å². The normalized spacial score (nSPS) is 12.0. The molecule has 5 nitrogen and oxygen atoms in total. The zero-order chi connectivity index (χ0) is 16.9. The van der Waals surface area contributed by atoms with E-state index in [0.717, 1.165) is 10.6 Å². The molecule has 1 rings (SSSR count). The van der Waals surface area contributed by atoms with E-state index in [1.54, 1.807) is 18.2 Å². The Morgan fingerprint density at radius 3 is 2.41 bits per heavy atom. The van der Waals surface area contributed by atoms with Crippen LogP contribution < -0.4 is 5.32 Å². The van der Waals surface area contributed by atoms with Crippen LogP contribution in [0.15, 0.2) is 18.2 Å². The first kappa shape index (κ1) is 19.2. The summed E-state index contributed by atoms with van der Waals surface area (Å²) in [6, 6.07) is 4.87. The Labute approximate surface area is 141 Å². The number of hydrogen-bond donors (Lipinski definition) is 1. The van der Waals surface area contributed by atoms with Gasteiger partial charge in [-0.15, -0.1) is 0 Å². The zero-order valence-electron chi connectivity index (χ0n) is 12.8. The molecule has 124 valence electrons. The number of amides is 1. The average Bonchev–Trinajstić information content (AvgIpc) is 2.38. The highest BCUT2D eigenvalue weighted by Crippen LogP contribution is 2.23. The number of hydrogen-bond acceptors (Lipinski definition) is 3. The average molecular weight is 367 g/mol. The highest BCUT2D eigenvalue weighted by Gasteiger charge is 2.20. The molecule has 1 N–H and O–H groups in total. The number of rotatable bonds is 7. The predicted molar refractivity (Wildman–Crippen MR) is 89.6 cm³/mol. The van der Waals surface area contributed by atoms with E-state index in [1.165, 1.54) is 0 Å². The summed E-state index contributed by atoms with van der Waals surface area (Å²) >= 11 is 11.8. The van der Waals surface area contributed by atoms with Crippen LogP contribution in [0.25, 0.3) is 0 Å². The molecule has 22 heavy (non-hydrogen) atoms. The second-order valence-corrected chi connectivity index (χ2v) is 8.27. The maximum atomic E-state index is 11.9. The summed E-state index contributed by atoms with van der Waals surface area (Å²) < 4.78 is 24.8. The maximum absolute atomic E-state index is 11.9. The highest BCUT2D eigenvalue weighted by molar-refractivity contribution is 7.88. The third kappa shape index (κ3) is 6.52. The van der Waals surface area contributed by atoms with E-state index in [0.29, 0.717) is 28.1 Å². The van der Waals surface area contributed by atoms with E-state index in [2.05, 4.69) is 5.32 Å². The fraction of sp³-hybridized carbons (Fsp3) is 0.500. The molecule has 0 aliphatic carbocycles. The number of nitrogens with one attached hydrogen (secondary N) is 1. The molecule has 1 aromatic rings. The molecule has 0 aliphatic rings. The molecule has 0 heterocycles. The number of benzene rings is 1. The van der Waals surface area contributed by atoms with Gasteiger partial charge in [0.15, 0.2) is 0 Å². The molecule has 1 aromatic carbocycles. The van der Waals surface area contributed by atoms with Crippen LogP contribution in [0.4, 0.5) is 0 Å². The summed E-state index contributed by atoms with van der Waals surface area (Å²) in [6.07, 6.45) is 1.07. The van der Waals surface area contributed by atoms with E-state index in [-0.39, 0.29) is 19.0 Å². The predicted octanol–water partition coefficient (Wildman–Crippen LogP) is 2.53. The second kappa shape index (κ2) is 8.15. The van der Waals surface area contributed by atoms with Crippen molar-refractivity contribution in [3.05, 3.63) is 33.8 Å². The van der Waals surface area contributed by atoms with Crippen molar-refractivity contribution in [2.45, 2.75) is 20.4 Å². The van der Waals surface area contributed by atoms with Crippen molar-refractivity contribution in [3.63, 3.8) is 0 Å². The quantitative estimate of drug-likeness (QED) is 0.805. The molecule has 1 amide bonds. The SMILES string of the molecule is CC(C)CNC(=O)CN(Cc1ccc(Cl)c(Cl)c1)S(C)(=O)=O. The van der Waals surface area contributed by atoms with Gasteiger partial charge in [0, 0.05) is 13.1 Å². The largest absolute Gasteiger partial charge is 0.355 e. The molecule has 8 heteroatoms. The molecule has 0 bridgehead atoms. The van der Waals surface area contributed by atoms with E-state index >= 15 is 0 Å². The van der Waals surface area contributed by atoms with Crippen LogP contribution in [0.5, 0.6) is 0 Å². The Bertz CT molecular complexity index is 633. The summed E-state index contributed by atoms with van der Waals surface area (Å²) in [5, 5.41) is 3.44. The number of nitrogens with zero attached hydrogens (tertiary/aromatic N) is 1. The maximum Gasteiger partial charge on any atom is 0.235 e. The summed E-state index contributed by atoms with van der Waals surface area (Å²) in [6.45, 7) is 4.26. The van der Waals surface area contributed by atoms with Gasteiger partial charge in [-0.25, -0.2) is 8.42 Å². The van der Waals surface area contributed by atoms with Crippen LogP contribution >= 0.6 is 23.2 Å². The second-order valence-electron chi connectivity index (χ2n) is 5.48. The first-order chi connectivity index (χ1) is 10.1. The number of halogens is 2. The minimum absolute atomic E-state index is 0.0603. The lowest BCUT2D eigenvalue weighted by atomic mass is 10.2. The minimum Gasteiger partial charge on any atom is -0.355 e. The number of carbonyl (C=O) groups is 1. The van der Waals surface area contributed by atoms with Crippen LogP contribution in [0.1, 0.15) is 19.4 Å². The van der Waals surface area contributed by atoms with Gasteiger partial charge >= 0.3 is 0 Å². The Kier molecular flexibility index (Phi) is 7.12. The lowest BCUT2D eigenvalue weighted by molar-refractivity contribution is -0.121. The molecule has 0 spiro atoms. The van der Waals surface area contributed by atoms with Crippen LogP contribution in [-0.2, 0) is 21.4 Å². The van der Waals surface area contributed by atoms with Gasteiger partial charge in [-0.1, -0.05) is 43.1 Å². The molecule has 0 aliphatic heterocycles. The van der Waals surface area contributed by atoms with Gasteiger partial charge in [-0.3, -0.25) is 4.79 Å². The molecular weight excluding hydrogens is 347 g/mol. The van der Waals surface area contributed by atoms with E-state index in [1.807, 2.05) is 13.8 Å². The Balaban J connectivity index is 2.81. The van der Waals surface area contributed by atoms with E-state index in [4.69, 9.17) is 23.2 Å². The third-order valence-electron chi connectivity index (χ3n) is 2.84. The van der Waals surface area contributed by atoms with Gasteiger partial charge in [0.25, 0.3) is 0 Å². The first-order valence-corrected chi connectivity index (χ1v) is 9.35. The molecule has 0 radical (unpaired) electrons. The summed E-state index contributed by atoms with van der Waals surface area (Å²) in [4.78, 5) is 11.9.